The van der Waals surface area contributed by atoms with E-state index < -0.39 is 35.8 Å². The molecular weight excluding hydrogens is 606 g/mol. The first-order chi connectivity index (χ1) is 21.1. The molecule has 3 rings (SSSR count). The number of alkyl halides is 3. The average Bonchev–Trinajstić information content (AvgIpc) is 3.49. The minimum Gasteiger partial charge on any atom is -0.493 e. The van der Waals surface area contributed by atoms with Crippen molar-refractivity contribution in [3.63, 3.8) is 0 Å². The van der Waals surface area contributed by atoms with Crippen molar-refractivity contribution in [2.45, 2.75) is 45.5 Å². The summed E-state index contributed by atoms with van der Waals surface area (Å²) in [6.45, 7) is 4.21. The van der Waals surface area contributed by atoms with Crippen molar-refractivity contribution >= 4 is 29.5 Å². The highest BCUT2D eigenvalue weighted by Crippen LogP contribution is 2.27. The van der Waals surface area contributed by atoms with E-state index in [1.54, 1.807) is 30.3 Å². The largest absolute Gasteiger partial charge is 0.493 e. The van der Waals surface area contributed by atoms with Crippen LogP contribution in [0.4, 0.5) is 17.6 Å². The maximum absolute atomic E-state index is 14.5. The standard InChI is InChI=1S/C26H32FN7O4.C2HF3O2/c1-15(2)9-20(25(36)29-13-17-5-7-18(19(27)10-17)21-14-30-34-33-21)31-26(28)32-24(35)12-16-6-8-22(37-3)23(11-16)38-4;3-2(4,5)1(6)7/h5-8,10-11,15,20H,9,12-14H2,1-4H3,(H,29,36)(H3,28,31,32,35);(H,6,7)/t20-;/m1./s1. The molecule has 0 radical (unpaired) electrons. The minimum atomic E-state index is -5.08. The number of hydrogen-bond acceptors (Lipinski definition) is 9. The quantitative estimate of drug-likeness (QED) is 0.165. The fraction of sp³-hybridized carbons (Fsp3) is 0.393. The summed E-state index contributed by atoms with van der Waals surface area (Å²) in [6.07, 6.45) is -4.66. The van der Waals surface area contributed by atoms with E-state index in [0.717, 1.165) is 0 Å². The zero-order chi connectivity index (χ0) is 33.7. The van der Waals surface area contributed by atoms with E-state index in [2.05, 4.69) is 31.1 Å². The van der Waals surface area contributed by atoms with Gasteiger partial charge in [-0.3, -0.25) is 14.9 Å². The summed E-state index contributed by atoms with van der Waals surface area (Å²) >= 11 is 0. The Balaban J connectivity index is 0.000000900. The predicted molar refractivity (Wildman–Crippen MR) is 154 cm³/mol. The number of ether oxygens (including phenoxy) is 2. The maximum Gasteiger partial charge on any atom is 0.490 e. The number of aliphatic imine (C=N–C) groups is 1. The van der Waals surface area contributed by atoms with Crippen LogP contribution in [-0.4, -0.2) is 67.5 Å². The average molecular weight is 640 g/mol. The van der Waals surface area contributed by atoms with Gasteiger partial charge >= 0.3 is 12.1 Å². The lowest BCUT2D eigenvalue weighted by atomic mass is 10.0. The molecule has 0 bridgehead atoms. The summed E-state index contributed by atoms with van der Waals surface area (Å²) in [7, 11) is 3.04. The SMILES string of the molecule is COc1ccc(CC(=O)NC(N)=N[C@H](CC(C)C)C(=O)NCc2ccc(C3=NN=NC3)c(F)c2)cc1OC.O=C(O)C(F)(F)F. The minimum absolute atomic E-state index is 0.0216. The molecule has 244 valence electrons. The molecule has 0 spiro atoms. The highest BCUT2D eigenvalue weighted by atomic mass is 19.4. The fourth-order valence-electron chi connectivity index (χ4n) is 3.79. The number of methoxy groups -OCH3 is 2. The van der Waals surface area contributed by atoms with Crippen LogP contribution >= 0.6 is 0 Å². The first kappa shape index (κ1) is 36.1. The number of hydrogen-bond donors (Lipinski definition) is 4. The van der Waals surface area contributed by atoms with Crippen LogP contribution in [0.25, 0.3) is 0 Å². The molecule has 1 heterocycles. The van der Waals surface area contributed by atoms with E-state index in [1.807, 2.05) is 13.8 Å². The summed E-state index contributed by atoms with van der Waals surface area (Å²) in [5.74, 6) is -3.00. The van der Waals surface area contributed by atoms with Gasteiger partial charge in [0.1, 0.15) is 18.4 Å². The van der Waals surface area contributed by atoms with Crippen molar-refractivity contribution in [1.29, 1.82) is 0 Å². The number of nitrogens with one attached hydrogen (secondary N) is 2. The van der Waals surface area contributed by atoms with Gasteiger partial charge in [-0.2, -0.15) is 18.3 Å². The zero-order valence-electron chi connectivity index (χ0n) is 24.8. The number of carbonyl (C=O) groups is 3. The first-order valence-corrected chi connectivity index (χ1v) is 13.3. The monoisotopic (exact) mass is 639 g/mol. The molecule has 2 aromatic rings. The highest BCUT2D eigenvalue weighted by molar-refractivity contribution is 6.03. The van der Waals surface area contributed by atoms with Gasteiger partial charge in [0.15, 0.2) is 17.5 Å². The van der Waals surface area contributed by atoms with Crippen LogP contribution in [0.2, 0.25) is 0 Å². The molecule has 2 amide bonds. The molecule has 1 aliphatic heterocycles. The number of nitrogens with two attached hydrogens (primary N) is 1. The number of amides is 2. The van der Waals surface area contributed by atoms with Crippen LogP contribution in [0.15, 0.2) is 56.8 Å². The molecule has 0 unspecified atom stereocenters. The van der Waals surface area contributed by atoms with Crippen molar-refractivity contribution < 1.29 is 46.5 Å². The second-order valence-electron chi connectivity index (χ2n) is 9.84. The molecule has 1 atom stereocenters. The van der Waals surface area contributed by atoms with Gasteiger partial charge in [-0.05, 0) is 53.0 Å². The Morgan fingerprint density at radius 1 is 1.07 bits per heavy atom. The van der Waals surface area contributed by atoms with Crippen LogP contribution in [-0.2, 0) is 27.3 Å². The van der Waals surface area contributed by atoms with Crippen molar-refractivity contribution in [1.82, 2.24) is 10.6 Å². The fourth-order valence-corrected chi connectivity index (χ4v) is 3.79. The lowest BCUT2D eigenvalue weighted by molar-refractivity contribution is -0.192. The Kier molecular flexibility index (Phi) is 13.4. The van der Waals surface area contributed by atoms with Crippen molar-refractivity contribution in [2.24, 2.45) is 32.1 Å². The Morgan fingerprint density at radius 3 is 2.24 bits per heavy atom. The van der Waals surface area contributed by atoms with E-state index in [1.165, 1.54) is 20.3 Å². The van der Waals surface area contributed by atoms with Gasteiger partial charge in [0.05, 0.1) is 26.4 Å². The summed E-state index contributed by atoms with van der Waals surface area (Å²) in [6, 6.07) is 8.92. The maximum atomic E-state index is 14.5. The van der Waals surface area contributed by atoms with Crippen LogP contribution in [0, 0.1) is 11.7 Å². The highest BCUT2D eigenvalue weighted by Gasteiger charge is 2.38. The number of rotatable bonds is 11. The number of aliphatic carboxylic acids is 1. The lowest BCUT2D eigenvalue weighted by Gasteiger charge is -2.16. The number of nitrogens with zero attached hydrogens (tertiary/aromatic N) is 4. The van der Waals surface area contributed by atoms with E-state index in [-0.39, 0.29) is 31.4 Å². The van der Waals surface area contributed by atoms with Crippen molar-refractivity contribution in [2.75, 3.05) is 20.8 Å². The van der Waals surface area contributed by atoms with Gasteiger partial charge in [0.2, 0.25) is 11.8 Å². The first-order valence-electron chi connectivity index (χ1n) is 13.3. The summed E-state index contributed by atoms with van der Waals surface area (Å²) in [4.78, 5) is 38.6. The molecule has 0 aliphatic carbocycles. The molecule has 45 heavy (non-hydrogen) atoms. The second kappa shape index (κ2) is 16.7. The molecule has 0 fully saturated rings. The van der Waals surface area contributed by atoms with E-state index in [0.29, 0.717) is 40.3 Å². The number of benzene rings is 2. The number of carbonyl (C=O) groups excluding carboxylic acids is 2. The van der Waals surface area contributed by atoms with E-state index in [4.69, 9.17) is 25.1 Å². The van der Waals surface area contributed by atoms with E-state index >= 15 is 0 Å². The van der Waals surface area contributed by atoms with Gasteiger partial charge in [0.25, 0.3) is 0 Å². The van der Waals surface area contributed by atoms with Gasteiger partial charge in [-0.1, -0.05) is 26.0 Å². The third-order valence-corrected chi connectivity index (χ3v) is 5.88. The normalized spacial score (nSPS) is 13.4. The van der Waals surface area contributed by atoms with Crippen molar-refractivity contribution in [3.05, 3.63) is 58.9 Å². The summed E-state index contributed by atoms with van der Waals surface area (Å²) in [5.41, 5.74) is 7.99. The number of carboxylic acids is 1. The predicted octanol–water partition coefficient (Wildman–Crippen LogP) is 3.35. The van der Waals surface area contributed by atoms with Crippen molar-refractivity contribution in [3.8, 4) is 11.5 Å². The Bertz CT molecular complexity index is 1460. The number of carboxylic acid groups (broad SMARTS) is 1. The van der Waals surface area contributed by atoms with Crippen LogP contribution in [0.5, 0.6) is 11.5 Å². The molecular formula is C28H33F4N7O6. The van der Waals surface area contributed by atoms with Gasteiger partial charge < -0.3 is 25.6 Å². The molecule has 0 saturated carbocycles. The number of halogens is 4. The summed E-state index contributed by atoms with van der Waals surface area (Å²) in [5, 5.41) is 23.5. The topological polar surface area (TPSA) is 189 Å². The van der Waals surface area contributed by atoms with Crippen LogP contribution < -0.4 is 25.8 Å². The lowest BCUT2D eigenvalue weighted by Crippen LogP contribution is -2.41. The Morgan fingerprint density at radius 2 is 1.71 bits per heavy atom. The van der Waals surface area contributed by atoms with E-state index in [9.17, 15) is 27.2 Å². The van der Waals surface area contributed by atoms with Crippen LogP contribution in [0.3, 0.4) is 0 Å². The van der Waals surface area contributed by atoms with Gasteiger partial charge in [-0.15, -0.1) is 5.10 Å². The second-order valence-corrected chi connectivity index (χ2v) is 9.84. The molecule has 0 aromatic heterocycles. The molecule has 0 saturated heterocycles. The molecule has 5 N–H and O–H groups in total. The molecule has 13 nitrogen and oxygen atoms in total. The number of guanidine groups is 1. The van der Waals surface area contributed by atoms with Gasteiger partial charge in [-0.25, -0.2) is 14.2 Å². The third-order valence-electron chi connectivity index (χ3n) is 5.88. The molecule has 2 aromatic carbocycles. The smallest absolute Gasteiger partial charge is 0.490 e. The molecule has 17 heteroatoms. The summed E-state index contributed by atoms with van der Waals surface area (Å²) < 4.78 is 56.7. The van der Waals surface area contributed by atoms with Crippen LogP contribution in [0.1, 0.15) is 37.0 Å². The third kappa shape index (κ3) is 11.8. The Hall–Kier alpha value is -5.09. The Labute approximate surface area is 255 Å². The molecule has 1 aliphatic rings. The van der Waals surface area contributed by atoms with Gasteiger partial charge in [0, 0.05) is 12.1 Å². The zero-order valence-corrected chi connectivity index (χ0v) is 24.8.